The highest BCUT2D eigenvalue weighted by Crippen LogP contribution is 2.20. The van der Waals surface area contributed by atoms with Crippen molar-refractivity contribution in [2.75, 3.05) is 19.1 Å². The van der Waals surface area contributed by atoms with Gasteiger partial charge in [-0.25, -0.2) is 9.18 Å². The maximum Gasteiger partial charge on any atom is 0.338 e. The van der Waals surface area contributed by atoms with Crippen LogP contribution in [0.15, 0.2) is 42.5 Å². The lowest BCUT2D eigenvalue weighted by atomic mass is 10.1. The van der Waals surface area contributed by atoms with Crippen LogP contribution in [0.25, 0.3) is 0 Å². The summed E-state index contributed by atoms with van der Waals surface area (Å²) >= 11 is 0. The SMILES string of the molecule is COc1ccc(CN(C)c2ccc(C(=O)O)c(F)c2)cc1. The second kappa shape index (κ2) is 6.26. The highest BCUT2D eigenvalue weighted by Gasteiger charge is 2.12. The molecule has 2 aromatic rings. The van der Waals surface area contributed by atoms with Crippen LogP contribution >= 0.6 is 0 Å². The molecule has 0 aliphatic carbocycles. The van der Waals surface area contributed by atoms with E-state index < -0.39 is 11.8 Å². The van der Waals surface area contributed by atoms with Gasteiger partial charge in [0.15, 0.2) is 0 Å². The van der Waals surface area contributed by atoms with Crippen LogP contribution in [0.1, 0.15) is 15.9 Å². The van der Waals surface area contributed by atoms with Gasteiger partial charge in [0.2, 0.25) is 0 Å². The Hall–Kier alpha value is -2.56. The van der Waals surface area contributed by atoms with Crippen LogP contribution in [0, 0.1) is 5.82 Å². The summed E-state index contributed by atoms with van der Waals surface area (Å²) in [6, 6.07) is 11.7. The van der Waals surface area contributed by atoms with Crippen molar-refractivity contribution in [1.82, 2.24) is 0 Å². The number of carboxylic acid groups (broad SMARTS) is 1. The van der Waals surface area contributed by atoms with Crippen molar-refractivity contribution in [1.29, 1.82) is 0 Å². The molecule has 0 amide bonds. The van der Waals surface area contributed by atoms with Crippen molar-refractivity contribution >= 4 is 11.7 Å². The van der Waals surface area contributed by atoms with Crippen molar-refractivity contribution in [3.63, 3.8) is 0 Å². The summed E-state index contributed by atoms with van der Waals surface area (Å²) in [5.41, 5.74) is 1.34. The Morgan fingerprint density at radius 1 is 1.24 bits per heavy atom. The molecule has 0 saturated heterocycles. The van der Waals surface area contributed by atoms with E-state index in [1.165, 1.54) is 12.1 Å². The smallest absolute Gasteiger partial charge is 0.338 e. The third-order valence-electron chi connectivity index (χ3n) is 3.20. The van der Waals surface area contributed by atoms with Crippen LogP contribution in [0.3, 0.4) is 0 Å². The van der Waals surface area contributed by atoms with E-state index in [0.717, 1.165) is 11.3 Å². The van der Waals surface area contributed by atoms with Crippen molar-refractivity contribution in [3.8, 4) is 5.75 Å². The van der Waals surface area contributed by atoms with E-state index in [2.05, 4.69) is 0 Å². The van der Waals surface area contributed by atoms with Gasteiger partial charge >= 0.3 is 5.97 Å². The number of halogens is 1. The van der Waals surface area contributed by atoms with Gasteiger partial charge in [-0.15, -0.1) is 0 Å². The molecule has 0 heterocycles. The van der Waals surface area contributed by atoms with Gasteiger partial charge in [-0.3, -0.25) is 0 Å². The van der Waals surface area contributed by atoms with Crippen molar-refractivity contribution in [2.45, 2.75) is 6.54 Å². The highest BCUT2D eigenvalue weighted by atomic mass is 19.1. The van der Waals surface area contributed by atoms with Crippen LogP contribution in [0.5, 0.6) is 5.75 Å². The molecule has 0 unspecified atom stereocenters. The molecule has 2 aromatic carbocycles. The first-order valence-electron chi connectivity index (χ1n) is 6.38. The first kappa shape index (κ1) is 14.8. The number of benzene rings is 2. The second-order valence-electron chi connectivity index (χ2n) is 4.67. The Balaban J connectivity index is 2.14. The number of carboxylic acids is 1. The third-order valence-corrected chi connectivity index (χ3v) is 3.20. The fourth-order valence-electron chi connectivity index (χ4n) is 2.01. The maximum atomic E-state index is 13.7. The molecular formula is C16H16FNO3. The van der Waals surface area contributed by atoms with Crippen molar-refractivity contribution in [3.05, 3.63) is 59.4 Å². The topological polar surface area (TPSA) is 49.8 Å². The maximum absolute atomic E-state index is 13.7. The molecule has 2 rings (SSSR count). The Morgan fingerprint density at radius 2 is 1.90 bits per heavy atom. The lowest BCUT2D eigenvalue weighted by Gasteiger charge is -2.20. The van der Waals surface area contributed by atoms with Crippen LogP contribution in [0.2, 0.25) is 0 Å². The zero-order valence-corrected chi connectivity index (χ0v) is 11.8. The van der Waals surface area contributed by atoms with Gasteiger partial charge in [-0.1, -0.05) is 12.1 Å². The summed E-state index contributed by atoms with van der Waals surface area (Å²) in [6.45, 7) is 0.579. The normalized spacial score (nSPS) is 10.2. The molecule has 0 radical (unpaired) electrons. The summed E-state index contributed by atoms with van der Waals surface area (Å²) in [5, 5.41) is 8.81. The molecule has 0 aromatic heterocycles. The van der Waals surface area contributed by atoms with Crippen LogP contribution in [-0.2, 0) is 6.54 Å². The molecule has 0 saturated carbocycles. The summed E-state index contributed by atoms with van der Waals surface area (Å²) < 4.78 is 18.8. The molecule has 4 nitrogen and oxygen atoms in total. The van der Waals surface area contributed by atoms with Gasteiger partial charge in [-0.2, -0.15) is 0 Å². The average Bonchev–Trinajstić information content (AvgIpc) is 2.47. The van der Waals surface area contributed by atoms with E-state index >= 15 is 0 Å². The van der Waals surface area contributed by atoms with Gasteiger partial charge in [0.05, 0.1) is 12.7 Å². The molecular weight excluding hydrogens is 273 g/mol. The number of hydrogen-bond acceptors (Lipinski definition) is 3. The monoisotopic (exact) mass is 289 g/mol. The number of nitrogens with zero attached hydrogens (tertiary/aromatic N) is 1. The molecule has 21 heavy (non-hydrogen) atoms. The van der Waals surface area contributed by atoms with E-state index in [9.17, 15) is 9.18 Å². The lowest BCUT2D eigenvalue weighted by molar-refractivity contribution is 0.0692. The van der Waals surface area contributed by atoms with Crippen LogP contribution in [-0.4, -0.2) is 25.2 Å². The quantitative estimate of drug-likeness (QED) is 0.918. The number of aromatic carboxylic acids is 1. The minimum Gasteiger partial charge on any atom is -0.497 e. The van der Waals surface area contributed by atoms with Gasteiger partial charge in [0.1, 0.15) is 11.6 Å². The van der Waals surface area contributed by atoms with Crippen molar-refractivity contribution < 1.29 is 19.0 Å². The summed E-state index contributed by atoms with van der Waals surface area (Å²) in [7, 11) is 3.42. The predicted octanol–water partition coefficient (Wildman–Crippen LogP) is 3.17. The third kappa shape index (κ3) is 3.51. The molecule has 0 spiro atoms. The lowest BCUT2D eigenvalue weighted by Crippen LogP contribution is -2.17. The first-order valence-corrected chi connectivity index (χ1v) is 6.38. The predicted molar refractivity (Wildman–Crippen MR) is 78.5 cm³/mol. The minimum atomic E-state index is -1.27. The molecule has 0 atom stereocenters. The Labute approximate surface area is 122 Å². The summed E-state index contributed by atoms with van der Waals surface area (Å²) in [6.07, 6.45) is 0. The highest BCUT2D eigenvalue weighted by molar-refractivity contribution is 5.88. The minimum absolute atomic E-state index is 0.323. The second-order valence-corrected chi connectivity index (χ2v) is 4.67. The molecule has 110 valence electrons. The number of hydrogen-bond donors (Lipinski definition) is 1. The van der Waals surface area contributed by atoms with E-state index in [1.807, 2.05) is 36.2 Å². The van der Waals surface area contributed by atoms with Gasteiger partial charge < -0.3 is 14.7 Å². The molecule has 1 N–H and O–H groups in total. The van der Waals surface area contributed by atoms with E-state index in [4.69, 9.17) is 9.84 Å². The Morgan fingerprint density at radius 3 is 2.43 bits per heavy atom. The average molecular weight is 289 g/mol. The standard InChI is InChI=1S/C16H16FNO3/c1-18(10-11-3-6-13(21-2)7-4-11)12-5-8-14(16(19)20)15(17)9-12/h3-9H,10H2,1-2H3,(H,19,20). The number of ether oxygens (including phenoxy) is 1. The van der Waals surface area contributed by atoms with Gasteiger partial charge in [-0.05, 0) is 35.9 Å². The Kier molecular flexibility index (Phi) is 4.42. The first-order chi connectivity index (χ1) is 10.0. The van der Waals surface area contributed by atoms with Crippen LogP contribution < -0.4 is 9.64 Å². The fraction of sp³-hybridized carbons (Fsp3) is 0.188. The fourth-order valence-corrected chi connectivity index (χ4v) is 2.01. The van der Waals surface area contributed by atoms with E-state index in [-0.39, 0.29) is 5.56 Å². The Bertz CT molecular complexity index is 640. The molecule has 5 heteroatoms. The summed E-state index contributed by atoms with van der Waals surface area (Å²) in [4.78, 5) is 12.6. The van der Waals surface area contributed by atoms with E-state index in [0.29, 0.717) is 12.2 Å². The molecule has 0 fully saturated rings. The zero-order chi connectivity index (χ0) is 15.4. The molecule has 0 aliphatic heterocycles. The van der Waals surface area contributed by atoms with E-state index in [1.54, 1.807) is 13.2 Å². The van der Waals surface area contributed by atoms with Gasteiger partial charge in [0.25, 0.3) is 0 Å². The number of rotatable bonds is 5. The molecule has 0 aliphatic rings. The zero-order valence-electron chi connectivity index (χ0n) is 11.8. The molecule has 0 bridgehead atoms. The number of methoxy groups -OCH3 is 1. The van der Waals surface area contributed by atoms with Gasteiger partial charge in [0, 0.05) is 19.3 Å². The summed E-state index contributed by atoms with van der Waals surface area (Å²) in [5.74, 6) is -1.23. The van der Waals surface area contributed by atoms with Crippen molar-refractivity contribution in [2.24, 2.45) is 0 Å². The number of carbonyl (C=O) groups is 1. The largest absolute Gasteiger partial charge is 0.497 e. The van der Waals surface area contributed by atoms with Crippen LogP contribution in [0.4, 0.5) is 10.1 Å². The number of anilines is 1.